The van der Waals surface area contributed by atoms with Crippen molar-refractivity contribution in [3.63, 3.8) is 0 Å². The van der Waals surface area contributed by atoms with Crippen LogP contribution in [0, 0.1) is 5.41 Å². The lowest BCUT2D eigenvalue weighted by atomic mass is 10.0. The minimum atomic E-state index is -0.442. The number of nitrogens with one attached hydrogen (secondary N) is 1. The van der Waals surface area contributed by atoms with E-state index in [0.29, 0.717) is 23.7 Å². The van der Waals surface area contributed by atoms with E-state index >= 15 is 0 Å². The van der Waals surface area contributed by atoms with Gasteiger partial charge in [0, 0.05) is 11.6 Å². The summed E-state index contributed by atoms with van der Waals surface area (Å²) in [5.74, 6) is 0.321. The fourth-order valence-electron chi connectivity index (χ4n) is 2.47. The zero-order valence-corrected chi connectivity index (χ0v) is 12.1. The number of benzene rings is 2. The van der Waals surface area contributed by atoms with E-state index in [9.17, 15) is 4.79 Å². The summed E-state index contributed by atoms with van der Waals surface area (Å²) < 4.78 is 10.8. The normalized spacial score (nSPS) is 10.6. The molecule has 0 saturated carbocycles. The first-order chi connectivity index (χ1) is 10.7. The predicted octanol–water partition coefficient (Wildman–Crippen LogP) is 4.27. The maximum atomic E-state index is 12.1. The molecule has 110 valence electrons. The van der Waals surface area contributed by atoms with Crippen LogP contribution in [0.2, 0.25) is 0 Å². The average Bonchev–Trinajstić information content (AvgIpc) is 2.99. The highest BCUT2D eigenvalue weighted by molar-refractivity contribution is 6.03. The smallest absolute Gasteiger partial charge is 0.342 e. The van der Waals surface area contributed by atoms with E-state index < -0.39 is 5.97 Å². The fraction of sp³-hybridized carbons (Fsp3) is 0.111. The van der Waals surface area contributed by atoms with Crippen LogP contribution in [0.3, 0.4) is 0 Å². The van der Waals surface area contributed by atoms with E-state index in [2.05, 4.69) is 0 Å². The average molecular weight is 293 g/mol. The van der Waals surface area contributed by atoms with Crippen molar-refractivity contribution in [2.45, 2.75) is 6.92 Å². The van der Waals surface area contributed by atoms with Crippen molar-refractivity contribution in [3.05, 3.63) is 59.9 Å². The number of esters is 1. The molecule has 2 aromatic carbocycles. The van der Waals surface area contributed by atoms with Gasteiger partial charge in [-0.1, -0.05) is 42.5 Å². The lowest BCUT2D eigenvalue weighted by Crippen LogP contribution is -2.04. The van der Waals surface area contributed by atoms with E-state index in [4.69, 9.17) is 14.6 Å². The van der Waals surface area contributed by atoms with Gasteiger partial charge in [-0.15, -0.1) is 0 Å². The second-order valence-corrected chi connectivity index (χ2v) is 4.78. The van der Waals surface area contributed by atoms with Crippen LogP contribution in [0.1, 0.15) is 23.0 Å². The van der Waals surface area contributed by atoms with Crippen molar-refractivity contribution in [2.24, 2.45) is 0 Å². The van der Waals surface area contributed by atoms with Crippen molar-refractivity contribution >= 4 is 23.0 Å². The molecule has 0 amide bonds. The number of ether oxygens (including phenoxy) is 1. The molecule has 0 fully saturated rings. The van der Waals surface area contributed by atoms with Crippen molar-refractivity contribution in [1.82, 2.24) is 0 Å². The highest BCUT2D eigenvalue weighted by atomic mass is 16.5. The Morgan fingerprint density at radius 3 is 2.77 bits per heavy atom. The lowest BCUT2D eigenvalue weighted by Gasteiger charge is -2.06. The molecule has 0 aliphatic heterocycles. The fourth-order valence-corrected chi connectivity index (χ4v) is 2.47. The summed E-state index contributed by atoms with van der Waals surface area (Å²) in [6.07, 6.45) is 1.08. The van der Waals surface area contributed by atoms with E-state index in [1.807, 2.05) is 42.5 Å². The van der Waals surface area contributed by atoms with Crippen molar-refractivity contribution in [3.8, 4) is 11.3 Å². The summed E-state index contributed by atoms with van der Waals surface area (Å²) in [5.41, 5.74) is 1.16. The first-order valence-corrected chi connectivity index (χ1v) is 7.04. The van der Waals surface area contributed by atoms with Crippen molar-refractivity contribution in [2.75, 3.05) is 6.61 Å². The van der Waals surface area contributed by atoms with Crippen LogP contribution in [0.4, 0.5) is 0 Å². The van der Waals surface area contributed by atoms with Gasteiger partial charge in [-0.3, -0.25) is 0 Å². The third kappa shape index (κ3) is 2.39. The Labute approximate surface area is 127 Å². The minimum absolute atomic E-state index is 0.291. The van der Waals surface area contributed by atoms with Crippen LogP contribution in [0.5, 0.6) is 0 Å². The monoisotopic (exact) mass is 293 g/mol. The molecule has 0 unspecified atom stereocenters. The number of carbonyl (C=O) groups excluding carboxylic acids is 1. The Morgan fingerprint density at radius 2 is 2.00 bits per heavy atom. The molecule has 4 nitrogen and oxygen atoms in total. The molecule has 0 bridgehead atoms. The predicted molar refractivity (Wildman–Crippen MR) is 85.5 cm³/mol. The third-order valence-corrected chi connectivity index (χ3v) is 3.42. The zero-order chi connectivity index (χ0) is 15.5. The Balaban J connectivity index is 2.24. The van der Waals surface area contributed by atoms with Gasteiger partial charge < -0.3 is 14.6 Å². The minimum Gasteiger partial charge on any atom is -0.462 e. The van der Waals surface area contributed by atoms with E-state index in [-0.39, 0.29) is 0 Å². The van der Waals surface area contributed by atoms with Gasteiger partial charge in [-0.2, -0.15) is 0 Å². The number of hydrogen-bond donors (Lipinski definition) is 1. The summed E-state index contributed by atoms with van der Waals surface area (Å²) in [4.78, 5) is 12.1. The van der Waals surface area contributed by atoms with Gasteiger partial charge >= 0.3 is 5.97 Å². The van der Waals surface area contributed by atoms with Crippen LogP contribution in [-0.2, 0) is 4.74 Å². The molecular weight excluding hydrogens is 278 g/mol. The number of rotatable bonds is 4. The Hall–Kier alpha value is -2.88. The molecule has 0 aliphatic rings. The number of fused-ring (bicyclic) bond motifs is 1. The summed E-state index contributed by atoms with van der Waals surface area (Å²) in [5, 5.41) is 9.40. The van der Waals surface area contributed by atoms with E-state index in [1.165, 1.54) is 0 Å². The number of hydrogen-bond acceptors (Lipinski definition) is 4. The van der Waals surface area contributed by atoms with E-state index in [1.54, 1.807) is 13.0 Å². The third-order valence-electron chi connectivity index (χ3n) is 3.42. The largest absolute Gasteiger partial charge is 0.462 e. The van der Waals surface area contributed by atoms with Gasteiger partial charge in [-0.05, 0) is 17.7 Å². The molecule has 1 aromatic heterocycles. The maximum absolute atomic E-state index is 12.1. The van der Waals surface area contributed by atoms with Gasteiger partial charge in [0.25, 0.3) is 0 Å². The second-order valence-electron chi connectivity index (χ2n) is 4.78. The molecule has 1 N–H and O–H groups in total. The lowest BCUT2D eigenvalue weighted by molar-refractivity contribution is 0.0527. The Kier molecular flexibility index (Phi) is 3.74. The SMILES string of the molecule is CCOC(=O)c1cc(C=N)oc1-c1cccc2ccccc12. The molecule has 0 aliphatic carbocycles. The molecule has 0 atom stereocenters. The van der Waals surface area contributed by atoms with Crippen LogP contribution >= 0.6 is 0 Å². The highest BCUT2D eigenvalue weighted by Gasteiger charge is 2.21. The summed E-state index contributed by atoms with van der Waals surface area (Å²) >= 11 is 0. The molecule has 1 heterocycles. The second kappa shape index (κ2) is 5.85. The van der Waals surface area contributed by atoms with Crippen LogP contribution in [0.15, 0.2) is 52.9 Å². The van der Waals surface area contributed by atoms with Gasteiger partial charge in [-0.25, -0.2) is 4.79 Å². The molecule has 22 heavy (non-hydrogen) atoms. The van der Waals surface area contributed by atoms with Gasteiger partial charge in [0.1, 0.15) is 17.1 Å². The first kappa shape index (κ1) is 14.1. The summed E-state index contributed by atoms with van der Waals surface area (Å²) in [7, 11) is 0. The number of carbonyl (C=O) groups is 1. The maximum Gasteiger partial charge on any atom is 0.342 e. The van der Waals surface area contributed by atoms with Gasteiger partial charge in [0.2, 0.25) is 0 Å². The van der Waals surface area contributed by atoms with Gasteiger partial charge in [0.15, 0.2) is 0 Å². The topological polar surface area (TPSA) is 63.3 Å². The van der Waals surface area contributed by atoms with Crippen LogP contribution in [-0.4, -0.2) is 18.8 Å². The highest BCUT2D eigenvalue weighted by Crippen LogP contribution is 2.33. The summed E-state index contributed by atoms with van der Waals surface area (Å²) in [6, 6.07) is 15.2. The molecule has 4 heteroatoms. The molecular formula is C18H15NO3. The Morgan fingerprint density at radius 1 is 1.23 bits per heavy atom. The number of furan rings is 1. The quantitative estimate of drug-likeness (QED) is 0.577. The molecule has 0 spiro atoms. The molecule has 0 radical (unpaired) electrons. The van der Waals surface area contributed by atoms with Crippen LogP contribution in [0.25, 0.3) is 22.1 Å². The van der Waals surface area contributed by atoms with Gasteiger partial charge in [0.05, 0.1) is 12.8 Å². The standard InChI is InChI=1S/C18H15NO3/c1-2-21-18(20)16-10-13(11-19)22-17(16)15-9-5-7-12-6-3-4-8-14(12)15/h3-11,19H,2H2,1H3. The molecule has 3 aromatic rings. The van der Waals surface area contributed by atoms with Crippen molar-refractivity contribution < 1.29 is 13.9 Å². The Bertz CT molecular complexity index is 843. The molecule has 0 saturated heterocycles. The molecule has 3 rings (SSSR count). The van der Waals surface area contributed by atoms with Crippen molar-refractivity contribution in [1.29, 1.82) is 5.41 Å². The first-order valence-electron chi connectivity index (χ1n) is 7.04. The van der Waals surface area contributed by atoms with E-state index in [0.717, 1.165) is 22.6 Å². The summed E-state index contributed by atoms with van der Waals surface area (Å²) in [6.45, 7) is 2.05. The van der Waals surface area contributed by atoms with Crippen LogP contribution < -0.4 is 0 Å². The zero-order valence-electron chi connectivity index (χ0n) is 12.1.